The van der Waals surface area contributed by atoms with Gasteiger partial charge in [0, 0.05) is 13.1 Å². The van der Waals surface area contributed by atoms with Gasteiger partial charge >= 0.3 is 0 Å². The molecule has 0 unspecified atom stereocenters. The summed E-state index contributed by atoms with van der Waals surface area (Å²) in [4.78, 5) is 34.5. The van der Waals surface area contributed by atoms with Crippen LogP contribution in [-0.4, -0.2) is 35.0 Å². The first kappa shape index (κ1) is 23.5. The molecule has 10 heteroatoms. The van der Waals surface area contributed by atoms with Crippen LogP contribution in [-0.2, 0) is 9.59 Å². The Morgan fingerprint density at radius 3 is 2.40 bits per heavy atom. The molecule has 2 fully saturated rings. The van der Waals surface area contributed by atoms with Crippen LogP contribution in [0, 0.1) is 0 Å². The number of halogens is 1. The molecule has 2 saturated heterocycles. The lowest BCUT2D eigenvalue weighted by atomic mass is 10.1. The third-order valence-corrected chi connectivity index (χ3v) is 7.42. The van der Waals surface area contributed by atoms with E-state index < -0.39 is 11.8 Å². The number of carbonyl (C=O) groups is 2. The van der Waals surface area contributed by atoms with Crippen LogP contribution in [0.5, 0.6) is 11.5 Å². The third-order valence-electron chi connectivity index (χ3n) is 5.68. The molecule has 1 aromatic heterocycles. The molecule has 0 aliphatic carbocycles. The number of thiazole rings is 1. The van der Waals surface area contributed by atoms with Gasteiger partial charge in [-0.2, -0.15) is 0 Å². The number of benzene rings is 2. The van der Waals surface area contributed by atoms with Gasteiger partial charge in [-0.1, -0.05) is 41.1 Å². The van der Waals surface area contributed by atoms with Crippen molar-refractivity contribution in [3.05, 3.63) is 70.2 Å². The molecule has 0 atom stereocenters. The van der Waals surface area contributed by atoms with Crippen LogP contribution in [0.1, 0.15) is 24.1 Å². The monoisotopic (exact) mass is 524 g/mol. The predicted molar refractivity (Wildman–Crippen MR) is 142 cm³/mol. The van der Waals surface area contributed by atoms with Gasteiger partial charge in [-0.15, -0.1) is 0 Å². The molecule has 2 amide bonds. The van der Waals surface area contributed by atoms with Gasteiger partial charge in [0.1, 0.15) is 22.2 Å². The Morgan fingerprint density at radius 1 is 1.00 bits per heavy atom. The van der Waals surface area contributed by atoms with Gasteiger partial charge in [-0.05, 0) is 74.0 Å². The van der Waals surface area contributed by atoms with Crippen molar-refractivity contribution in [1.82, 2.24) is 10.3 Å². The highest BCUT2D eigenvalue weighted by atomic mass is 35.5. The Kier molecular flexibility index (Phi) is 6.81. The maximum atomic E-state index is 13.4. The van der Waals surface area contributed by atoms with Crippen LogP contribution in [0.2, 0.25) is 5.15 Å². The van der Waals surface area contributed by atoms with Crippen molar-refractivity contribution in [2.24, 2.45) is 0 Å². The van der Waals surface area contributed by atoms with Gasteiger partial charge in [0.2, 0.25) is 0 Å². The van der Waals surface area contributed by atoms with Crippen molar-refractivity contribution in [1.29, 1.82) is 0 Å². The number of thiocarbonyl (C=S) groups is 1. The van der Waals surface area contributed by atoms with E-state index in [1.165, 1.54) is 28.7 Å². The largest absolute Gasteiger partial charge is 0.457 e. The summed E-state index contributed by atoms with van der Waals surface area (Å²) in [5.41, 5.74) is 0.453. The smallest absolute Gasteiger partial charge is 0.270 e. The summed E-state index contributed by atoms with van der Waals surface area (Å²) in [6.45, 7) is 1.84. The van der Waals surface area contributed by atoms with E-state index in [1.54, 1.807) is 24.3 Å². The number of nitrogens with zero attached hydrogens (tertiary/aromatic N) is 3. The summed E-state index contributed by atoms with van der Waals surface area (Å²) in [5, 5.41) is 3.68. The van der Waals surface area contributed by atoms with Crippen LogP contribution >= 0.6 is 35.2 Å². The Hall–Kier alpha value is -3.27. The molecule has 2 aliphatic rings. The minimum absolute atomic E-state index is 0.0123. The van der Waals surface area contributed by atoms with Crippen LogP contribution in [0.15, 0.2) is 60.2 Å². The fourth-order valence-corrected chi connectivity index (χ4v) is 5.46. The van der Waals surface area contributed by atoms with Gasteiger partial charge in [0.15, 0.2) is 10.2 Å². The average molecular weight is 525 g/mol. The second-order valence-corrected chi connectivity index (χ2v) is 9.82. The number of piperidine rings is 1. The first-order valence-corrected chi connectivity index (χ1v) is 12.8. The highest BCUT2D eigenvalue weighted by Crippen LogP contribution is 2.34. The normalized spacial score (nSPS) is 17.6. The number of carbonyl (C=O) groups excluding carboxylic acids is 2. The summed E-state index contributed by atoms with van der Waals surface area (Å²) < 4.78 is 5.82. The number of rotatable bonds is 5. The number of hydrogen-bond donors (Lipinski definition) is 1. The quantitative estimate of drug-likeness (QED) is 0.273. The van der Waals surface area contributed by atoms with E-state index in [2.05, 4.69) is 15.2 Å². The number of anilines is 2. The van der Waals surface area contributed by atoms with Gasteiger partial charge in [0.05, 0.1) is 10.6 Å². The standard InChI is InChI=1S/C25H21ClN4O3S2/c26-21-20(35-25(27-21)29-13-5-2-6-14-29)15-19-22(31)28-24(34)30(23(19)32)16-9-11-18(12-10-16)33-17-7-3-1-4-8-17/h1,3-4,7-12,15H,2,5-6,13-14H2,(H,28,31,34). The lowest BCUT2D eigenvalue weighted by molar-refractivity contribution is -0.122. The zero-order valence-electron chi connectivity index (χ0n) is 18.6. The maximum Gasteiger partial charge on any atom is 0.270 e. The second-order valence-electron chi connectivity index (χ2n) is 8.07. The van der Waals surface area contributed by atoms with E-state index in [0.717, 1.165) is 31.1 Å². The number of para-hydroxylation sites is 1. The maximum absolute atomic E-state index is 13.4. The Bertz CT molecular complexity index is 1300. The molecule has 7 nitrogen and oxygen atoms in total. The van der Waals surface area contributed by atoms with Gasteiger partial charge in [-0.3, -0.25) is 19.8 Å². The lowest BCUT2D eigenvalue weighted by Crippen LogP contribution is -2.54. The number of amides is 2. The minimum atomic E-state index is -0.565. The van der Waals surface area contributed by atoms with Crippen molar-refractivity contribution in [2.45, 2.75) is 19.3 Å². The van der Waals surface area contributed by atoms with Gasteiger partial charge in [0.25, 0.3) is 11.8 Å². The zero-order chi connectivity index (χ0) is 24.4. The van der Waals surface area contributed by atoms with E-state index in [0.29, 0.717) is 22.1 Å². The van der Waals surface area contributed by atoms with E-state index in [-0.39, 0.29) is 15.8 Å². The zero-order valence-corrected chi connectivity index (χ0v) is 21.0. The van der Waals surface area contributed by atoms with Crippen LogP contribution in [0.3, 0.4) is 0 Å². The van der Waals surface area contributed by atoms with Crippen LogP contribution < -0.4 is 19.9 Å². The van der Waals surface area contributed by atoms with Gasteiger partial charge in [-0.25, -0.2) is 4.98 Å². The van der Waals surface area contributed by atoms with Crippen molar-refractivity contribution < 1.29 is 14.3 Å². The number of nitrogens with one attached hydrogen (secondary N) is 1. The topological polar surface area (TPSA) is 74.8 Å². The molecule has 3 aromatic rings. The Balaban J connectivity index is 1.39. The highest BCUT2D eigenvalue weighted by Gasteiger charge is 2.35. The third kappa shape index (κ3) is 5.07. The van der Waals surface area contributed by atoms with E-state index in [4.69, 9.17) is 28.6 Å². The molecule has 35 heavy (non-hydrogen) atoms. The molecule has 0 radical (unpaired) electrons. The van der Waals surface area contributed by atoms with Crippen molar-refractivity contribution >= 4 is 69.0 Å². The van der Waals surface area contributed by atoms with Gasteiger partial charge < -0.3 is 9.64 Å². The summed E-state index contributed by atoms with van der Waals surface area (Å²) in [6.07, 6.45) is 4.91. The summed E-state index contributed by atoms with van der Waals surface area (Å²) in [7, 11) is 0. The fraction of sp³-hybridized carbons (Fsp3) is 0.200. The predicted octanol–water partition coefficient (Wildman–Crippen LogP) is 5.41. The lowest BCUT2D eigenvalue weighted by Gasteiger charge is -2.29. The number of hydrogen-bond acceptors (Lipinski definition) is 7. The van der Waals surface area contributed by atoms with E-state index in [9.17, 15) is 9.59 Å². The number of aromatic nitrogens is 1. The first-order valence-electron chi connectivity index (χ1n) is 11.2. The molecule has 2 aliphatic heterocycles. The summed E-state index contributed by atoms with van der Waals surface area (Å²) >= 11 is 13.1. The van der Waals surface area contributed by atoms with Crippen molar-refractivity contribution in [3.8, 4) is 11.5 Å². The molecule has 5 rings (SSSR count). The molecule has 3 heterocycles. The van der Waals surface area contributed by atoms with Crippen molar-refractivity contribution in [3.63, 3.8) is 0 Å². The van der Waals surface area contributed by atoms with E-state index in [1.807, 2.05) is 30.3 Å². The van der Waals surface area contributed by atoms with E-state index >= 15 is 0 Å². The minimum Gasteiger partial charge on any atom is -0.457 e. The second kappa shape index (κ2) is 10.2. The molecule has 0 spiro atoms. The van der Waals surface area contributed by atoms with Crippen LogP contribution in [0.25, 0.3) is 6.08 Å². The molecule has 0 saturated carbocycles. The van der Waals surface area contributed by atoms with Crippen molar-refractivity contribution in [2.75, 3.05) is 22.9 Å². The molecule has 178 valence electrons. The fourth-order valence-electron chi connectivity index (χ4n) is 3.92. The summed E-state index contributed by atoms with van der Waals surface area (Å²) in [6, 6.07) is 16.3. The summed E-state index contributed by atoms with van der Waals surface area (Å²) in [5.74, 6) is 0.216. The number of ether oxygens (including phenoxy) is 1. The first-order chi connectivity index (χ1) is 17.0. The van der Waals surface area contributed by atoms with Crippen LogP contribution in [0.4, 0.5) is 10.8 Å². The SMILES string of the molecule is O=C1NC(=S)N(c2ccc(Oc3ccccc3)cc2)C(=O)C1=Cc1sc(N2CCCCC2)nc1Cl. The highest BCUT2D eigenvalue weighted by molar-refractivity contribution is 7.80. The Morgan fingerprint density at radius 2 is 1.69 bits per heavy atom. The Labute approximate surface area is 217 Å². The molecule has 2 aromatic carbocycles. The molecule has 1 N–H and O–H groups in total. The molecular weight excluding hydrogens is 504 g/mol. The average Bonchev–Trinajstić information content (AvgIpc) is 3.24. The molecular formula is C25H21ClN4O3S2. The molecule has 0 bridgehead atoms.